The molecule has 7 nitrogen and oxygen atoms in total. The molecular weight excluding hydrogens is 330 g/mol. The van der Waals surface area contributed by atoms with Gasteiger partial charge in [0.05, 0.1) is 31.5 Å². The highest BCUT2D eigenvalue weighted by Gasteiger charge is 2.48. The Balaban J connectivity index is 1.33. The van der Waals surface area contributed by atoms with E-state index >= 15 is 0 Å². The van der Waals surface area contributed by atoms with E-state index in [1.807, 2.05) is 43.3 Å². The molecule has 0 N–H and O–H groups in total. The molecule has 4 heterocycles. The van der Waals surface area contributed by atoms with Gasteiger partial charge >= 0.3 is 0 Å². The van der Waals surface area contributed by atoms with Gasteiger partial charge in [0.25, 0.3) is 0 Å². The van der Waals surface area contributed by atoms with Gasteiger partial charge in [0.1, 0.15) is 23.6 Å². The molecule has 0 bridgehead atoms. The first-order valence-electron chi connectivity index (χ1n) is 9.03. The van der Waals surface area contributed by atoms with Crippen LogP contribution in [0.25, 0.3) is 0 Å². The number of nitrogens with zero attached hydrogens (tertiary/aromatic N) is 5. The van der Waals surface area contributed by atoms with Crippen molar-refractivity contribution in [2.75, 3.05) is 43.6 Å². The predicted molar refractivity (Wildman–Crippen MR) is 99.3 cm³/mol. The van der Waals surface area contributed by atoms with Crippen LogP contribution in [0.5, 0.6) is 0 Å². The first-order chi connectivity index (χ1) is 12.6. The predicted octanol–water partition coefficient (Wildman–Crippen LogP) is 1.89. The molecule has 1 atom stereocenters. The van der Waals surface area contributed by atoms with E-state index in [0.717, 1.165) is 49.9 Å². The lowest BCUT2D eigenvalue weighted by atomic mass is 9.84. The van der Waals surface area contributed by atoms with Crippen LogP contribution >= 0.6 is 0 Å². The molecule has 0 aliphatic carbocycles. The highest BCUT2D eigenvalue weighted by molar-refractivity contribution is 5.52. The number of aromatic nitrogens is 3. The first-order valence-corrected chi connectivity index (χ1v) is 9.03. The van der Waals surface area contributed by atoms with Gasteiger partial charge in [-0.25, -0.2) is 9.97 Å². The van der Waals surface area contributed by atoms with Gasteiger partial charge in [0.15, 0.2) is 0 Å². The van der Waals surface area contributed by atoms with E-state index in [0.29, 0.717) is 6.61 Å². The summed E-state index contributed by atoms with van der Waals surface area (Å²) in [6, 6.07) is 7.93. The largest absolute Gasteiger partial charge is 0.372 e. The molecule has 2 fully saturated rings. The first kappa shape index (κ1) is 17.2. The van der Waals surface area contributed by atoms with Gasteiger partial charge in [-0.3, -0.25) is 4.98 Å². The number of pyridine rings is 1. The zero-order chi connectivity index (χ0) is 18.0. The number of hydrogen-bond acceptors (Lipinski definition) is 7. The van der Waals surface area contributed by atoms with Crippen LogP contribution in [-0.2, 0) is 16.1 Å². The average molecular weight is 355 g/mol. The lowest BCUT2D eigenvalue weighted by molar-refractivity contribution is -0.148. The summed E-state index contributed by atoms with van der Waals surface area (Å²) < 4.78 is 12.2. The lowest BCUT2D eigenvalue weighted by Gasteiger charge is -2.53. The van der Waals surface area contributed by atoms with Crippen molar-refractivity contribution >= 4 is 11.6 Å². The van der Waals surface area contributed by atoms with E-state index in [-0.39, 0.29) is 11.7 Å². The quantitative estimate of drug-likeness (QED) is 0.811. The zero-order valence-electron chi connectivity index (χ0n) is 15.3. The van der Waals surface area contributed by atoms with Gasteiger partial charge in [-0.2, -0.15) is 0 Å². The van der Waals surface area contributed by atoms with Crippen molar-refractivity contribution in [2.24, 2.45) is 0 Å². The van der Waals surface area contributed by atoms with Crippen LogP contribution in [0.15, 0.2) is 36.8 Å². The second kappa shape index (κ2) is 7.17. The van der Waals surface area contributed by atoms with E-state index in [1.165, 1.54) is 0 Å². The van der Waals surface area contributed by atoms with Crippen LogP contribution < -0.4 is 9.80 Å². The molecule has 0 unspecified atom stereocenters. The molecule has 0 aromatic carbocycles. The minimum atomic E-state index is -0.115. The maximum atomic E-state index is 6.12. The topological polar surface area (TPSA) is 63.6 Å². The molecule has 2 aliphatic heterocycles. The van der Waals surface area contributed by atoms with Crippen molar-refractivity contribution in [1.29, 1.82) is 0 Å². The molecule has 138 valence electrons. The Morgan fingerprint density at radius 1 is 1.27 bits per heavy atom. The van der Waals surface area contributed by atoms with E-state index in [9.17, 15) is 0 Å². The summed E-state index contributed by atoms with van der Waals surface area (Å²) in [6.07, 6.45) is 5.50. The summed E-state index contributed by atoms with van der Waals surface area (Å²) in [5, 5.41) is 0. The van der Waals surface area contributed by atoms with Crippen LogP contribution in [0.1, 0.15) is 18.5 Å². The minimum Gasteiger partial charge on any atom is -0.372 e. The fourth-order valence-corrected chi connectivity index (χ4v) is 3.60. The average Bonchev–Trinajstić information content (AvgIpc) is 2.65. The third-order valence-corrected chi connectivity index (χ3v) is 5.02. The molecule has 0 amide bonds. The Bertz CT molecular complexity index is 734. The van der Waals surface area contributed by atoms with Crippen LogP contribution in [0.4, 0.5) is 11.6 Å². The standard InChI is InChI=1S/C19H25N5O2/c1-23(2)17-9-18(22-14-21-17)24-12-19(13-24)10-16(6-8-26-19)25-11-15-5-3-4-7-20-15/h3-5,7,9,14,16H,6,8,10-13H2,1-2H3/t16-/m1/s1. The third-order valence-electron chi connectivity index (χ3n) is 5.02. The summed E-state index contributed by atoms with van der Waals surface area (Å²) in [6.45, 7) is 3.00. The zero-order valence-corrected chi connectivity index (χ0v) is 15.3. The molecular formula is C19H25N5O2. The normalized spacial score (nSPS) is 21.5. The minimum absolute atomic E-state index is 0.115. The number of anilines is 2. The van der Waals surface area contributed by atoms with Gasteiger partial charge in [0.2, 0.25) is 0 Å². The number of ether oxygens (including phenoxy) is 2. The highest BCUT2D eigenvalue weighted by atomic mass is 16.5. The Kier molecular flexibility index (Phi) is 4.74. The fourth-order valence-electron chi connectivity index (χ4n) is 3.60. The van der Waals surface area contributed by atoms with Crippen molar-refractivity contribution in [1.82, 2.24) is 15.0 Å². The monoisotopic (exact) mass is 355 g/mol. The van der Waals surface area contributed by atoms with Gasteiger partial charge in [-0.15, -0.1) is 0 Å². The SMILES string of the molecule is CN(C)c1cc(N2CC3(C[C@H](OCc4ccccn4)CCO3)C2)ncn1. The van der Waals surface area contributed by atoms with E-state index in [2.05, 4.69) is 19.9 Å². The van der Waals surface area contributed by atoms with Gasteiger partial charge < -0.3 is 19.3 Å². The molecule has 2 aromatic heterocycles. The Hall–Kier alpha value is -2.25. The Morgan fingerprint density at radius 2 is 2.15 bits per heavy atom. The Labute approximate surface area is 154 Å². The van der Waals surface area contributed by atoms with Crippen molar-refractivity contribution in [2.45, 2.75) is 31.2 Å². The molecule has 26 heavy (non-hydrogen) atoms. The van der Waals surface area contributed by atoms with Crippen molar-refractivity contribution < 1.29 is 9.47 Å². The van der Waals surface area contributed by atoms with E-state index in [4.69, 9.17) is 9.47 Å². The summed E-state index contributed by atoms with van der Waals surface area (Å²) >= 11 is 0. The highest BCUT2D eigenvalue weighted by Crippen LogP contribution is 2.37. The summed E-state index contributed by atoms with van der Waals surface area (Å²) in [5.74, 6) is 1.87. The van der Waals surface area contributed by atoms with Crippen molar-refractivity contribution in [3.63, 3.8) is 0 Å². The third kappa shape index (κ3) is 3.64. The summed E-state index contributed by atoms with van der Waals surface area (Å²) in [7, 11) is 3.97. The van der Waals surface area contributed by atoms with Crippen LogP contribution in [0, 0.1) is 0 Å². The van der Waals surface area contributed by atoms with Gasteiger partial charge in [-0.1, -0.05) is 6.07 Å². The number of hydrogen-bond donors (Lipinski definition) is 0. The van der Waals surface area contributed by atoms with Crippen molar-refractivity contribution in [3.8, 4) is 0 Å². The molecule has 1 spiro atoms. The molecule has 0 radical (unpaired) electrons. The lowest BCUT2D eigenvalue weighted by Crippen LogP contribution is -2.66. The van der Waals surface area contributed by atoms with E-state index < -0.39 is 0 Å². The molecule has 2 saturated heterocycles. The fraction of sp³-hybridized carbons (Fsp3) is 0.526. The second-order valence-corrected chi connectivity index (χ2v) is 7.26. The maximum absolute atomic E-state index is 6.12. The van der Waals surface area contributed by atoms with Crippen LogP contribution in [0.3, 0.4) is 0 Å². The van der Waals surface area contributed by atoms with Crippen molar-refractivity contribution in [3.05, 3.63) is 42.5 Å². The molecule has 2 aliphatic rings. The summed E-state index contributed by atoms with van der Waals surface area (Å²) in [5.41, 5.74) is 0.858. The Morgan fingerprint density at radius 3 is 2.92 bits per heavy atom. The molecule has 4 rings (SSSR count). The second-order valence-electron chi connectivity index (χ2n) is 7.26. The van der Waals surface area contributed by atoms with E-state index in [1.54, 1.807) is 12.5 Å². The smallest absolute Gasteiger partial charge is 0.134 e. The molecule has 0 saturated carbocycles. The maximum Gasteiger partial charge on any atom is 0.134 e. The van der Waals surface area contributed by atoms with Crippen LogP contribution in [-0.4, -0.2) is 60.4 Å². The number of rotatable bonds is 5. The van der Waals surface area contributed by atoms with Crippen LogP contribution in [0.2, 0.25) is 0 Å². The van der Waals surface area contributed by atoms with Gasteiger partial charge in [-0.05, 0) is 18.6 Å². The van der Waals surface area contributed by atoms with Gasteiger partial charge in [0, 0.05) is 39.4 Å². The molecule has 7 heteroatoms. The molecule has 2 aromatic rings. The summed E-state index contributed by atoms with van der Waals surface area (Å²) in [4.78, 5) is 17.2.